The average Bonchev–Trinajstić information content (AvgIpc) is 2.96. The Labute approximate surface area is 226 Å². The first-order valence-corrected chi connectivity index (χ1v) is 12.7. The van der Waals surface area contributed by atoms with Gasteiger partial charge in [0.2, 0.25) is 0 Å². The number of primary amides is 1. The zero-order valence-corrected chi connectivity index (χ0v) is 21.6. The van der Waals surface area contributed by atoms with Crippen LogP contribution in [0.2, 0.25) is 0 Å². The Balaban J connectivity index is 1.33. The number of rotatable bonds is 9. The number of hydrogen-bond acceptors (Lipinski definition) is 8. The smallest absolute Gasteiger partial charge is 0.255 e. The average molecular weight is 527 g/mol. The van der Waals surface area contributed by atoms with E-state index in [0.29, 0.717) is 60.2 Å². The number of benzene rings is 3. The van der Waals surface area contributed by atoms with Gasteiger partial charge in [-0.2, -0.15) is 0 Å². The molecule has 4 N–H and O–H groups in total. The summed E-state index contributed by atoms with van der Waals surface area (Å²) in [7, 11) is 1.58. The summed E-state index contributed by atoms with van der Waals surface area (Å²) >= 11 is 0. The first-order valence-electron chi connectivity index (χ1n) is 12.7. The number of aromatic nitrogens is 2. The minimum atomic E-state index is -0.534. The zero-order valence-electron chi connectivity index (χ0n) is 21.6. The summed E-state index contributed by atoms with van der Waals surface area (Å²) in [5.74, 6) is 0.539. The van der Waals surface area contributed by atoms with Crippen LogP contribution in [0.15, 0.2) is 67.0 Å². The fourth-order valence-electron chi connectivity index (χ4n) is 4.56. The van der Waals surface area contributed by atoms with Crippen LogP contribution in [0.4, 0.5) is 11.5 Å². The van der Waals surface area contributed by atoms with E-state index in [1.54, 1.807) is 31.4 Å². The van der Waals surface area contributed by atoms with Crippen molar-refractivity contribution in [2.24, 2.45) is 5.73 Å². The van der Waals surface area contributed by atoms with Gasteiger partial charge in [-0.1, -0.05) is 12.1 Å². The lowest BCUT2D eigenvalue weighted by molar-refractivity contribution is 0.0342. The normalized spacial score (nSPS) is 13.7. The van der Waals surface area contributed by atoms with E-state index in [-0.39, 0.29) is 5.91 Å². The molecule has 0 spiro atoms. The number of carbonyl (C=O) groups is 2. The molecule has 1 aromatic heterocycles. The van der Waals surface area contributed by atoms with Crippen molar-refractivity contribution in [3.8, 4) is 5.75 Å². The van der Waals surface area contributed by atoms with Crippen LogP contribution >= 0.6 is 0 Å². The van der Waals surface area contributed by atoms with E-state index >= 15 is 0 Å². The number of methoxy groups -OCH3 is 1. The van der Waals surface area contributed by atoms with Gasteiger partial charge in [-0.25, -0.2) is 9.97 Å². The van der Waals surface area contributed by atoms with Gasteiger partial charge in [0.25, 0.3) is 11.8 Å². The molecule has 39 heavy (non-hydrogen) atoms. The van der Waals surface area contributed by atoms with Crippen molar-refractivity contribution in [1.82, 2.24) is 14.9 Å². The van der Waals surface area contributed by atoms with E-state index < -0.39 is 5.91 Å². The van der Waals surface area contributed by atoms with Crippen LogP contribution in [0.5, 0.6) is 5.75 Å². The standard InChI is InChI=1S/C29H30N6O4/c1-38-23-7-5-21(6-8-23)29(37)34-22-4-2-3-19(13-22)16-31-28-25-15-20(17-35-9-11-39-12-10-35)14-24(27(30)36)26(25)32-18-33-28/h2-8,13-15,18H,9-12,16-17H2,1H3,(H2,30,36)(H,34,37)(H,31,32,33). The Hall–Kier alpha value is -4.54. The second-order valence-electron chi connectivity index (χ2n) is 9.25. The molecule has 0 saturated carbocycles. The largest absolute Gasteiger partial charge is 0.497 e. The summed E-state index contributed by atoms with van der Waals surface area (Å²) in [6.45, 7) is 4.14. The molecule has 0 unspecified atom stereocenters. The quantitative estimate of drug-likeness (QED) is 0.302. The minimum absolute atomic E-state index is 0.212. The van der Waals surface area contributed by atoms with Crippen molar-refractivity contribution in [3.63, 3.8) is 0 Å². The second-order valence-corrected chi connectivity index (χ2v) is 9.25. The number of amides is 2. The third kappa shape index (κ3) is 6.31. The maximum atomic E-state index is 12.7. The first kappa shape index (κ1) is 26.1. The molecule has 5 rings (SSSR count). The lowest BCUT2D eigenvalue weighted by Crippen LogP contribution is -2.35. The highest BCUT2D eigenvalue weighted by Gasteiger charge is 2.17. The molecule has 1 aliphatic rings. The number of ether oxygens (including phenoxy) is 2. The highest BCUT2D eigenvalue weighted by molar-refractivity contribution is 6.07. The second kappa shape index (κ2) is 11.9. The summed E-state index contributed by atoms with van der Waals surface area (Å²) in [6, 6.07) is 18.3. The van der Waals surface area contributed by atoms with Crippen molar-refractivity contribution in [2.45, 2.75) is 13.1 Å². The van der Waals surface area contributed by atoms with Crippen LogP contribution in [0.1, 0.15) is 31.8 Å². The number of nitrogens with one attached hydrogen (secondary N) is 2. The fraction of sp³-hybridized carbons (Fsp3) is 0.241. The molecular formula is C29H30N6O4. The Morgan fingerprint density at radius 1 is 1.03 bits per heavy atom. The van der Waals surface area contributed by atoms with Crippen LogP contribution < -0.4 is 21.1 Å². The monoisotopic (exact) mass is 526 g/mol. The minimum Gasteiger partial charge on any atom is -0.497 e. The molecular weight excluding hydrogens is 496 g/mol. The summed E-state index contributed by atoms with van der Waals surface area (Å²) in [6.07, 6.45) is 1.42. The predicted octanol–water partition coefficient (Wildman–Crippen LogP) is 3.43. The molecule has 2 heterocycles. The van der Waals surface area contributed by atoms with Gasteiger partial charge in [0.05, 0.1) is 31.4 Å². The number of morpholine rings is 1. The number of nitrogens with zero attached hydrogens (tertiary/aromatic N) is 3. The molecule has 3 aromatic carbocycles. The molecule has 10 heteroatoms. The molecule has 4 aromatic rings. The Kier molecular flexibility index (Phi) is 7.95. The van der Waals surface area contributed by atoms with Crippen LogP contribution in [0.25, 0.3) is 10.9 Å². The summed E-state index contributed by atoms with van der Waals surface area (Å²) < 4.78 is 10.6. The molecule has 0 aliphatic carbocycles. The van der Waals surface area contributed by atoms with E-state index in [0.717, 1.165) is 29.6 Å². The van der Waals surface area contributed by atoms with Crippen molar-refractivity contribution < 1.29 is 19.1 Å². The molecule has 1 aliphatic heterocycles. The maximum Gasteiger partial charge on any atom is 0.255 e. The van der Waals surface area contributed by atoms with Crippen LogP contribution in [-0.4, -0.2) is 60.1 Å². The first-order chi connectivity index (χ1) is 19.0. The van der Waals surface area contributed by atoms with Crippen LogP contribution in [0.3, 0.4) is 0 Å². The van der Waals surface area contributed by atoms with Gasteiger partial charge in [0.1, 0.15) is 17.9 Å². The zero-order chi connectivity index (χ0) is 27.2. The molecule has 1 fully saturated rings. The Morgan fingerprint density at radius 2 is 1.82 bits per heavy atom. The highest BCUT2D eigenvalue weighted by Crippen LogP contribution is 2.26. The van der Waals surface area contributed by atoms with Crippen molar-refractivity contribution in [3.05, 3.63) is 89.2 Å². The van der Waals surface area contributed by atoms with Crippen molar-refractivity contribution >= 4 is 34.2 Å². The lowest BCUT2D eigenvalue weighted by atomic mass is 10.0. The van der Waals surface area contributed by atoms with E-state index in [9.17, 15) is 9.59 Å². The predicted molar refractivity (Wildman–Crippen MR) is 149 cm³/mol. The van der Waals surface area contributed by atoms with Gasteiger partial charge in [-0.15, -0.1) is 0 Å². The Morgan fingerprint density at radius 3 is 2.56 bits per heavy atom. The van der Waals surface area contributed by atoms with Gasteiger partial charge in [0, 0.05) is 42.8 Å². The van der Waals surface area contributed by atoms with Gasteiger partial charge < -0.3 is 25.8 Å². The molecule has 2 amide bonds. The molecule has 1 saturated heterocycles. The summed E-state index contributed by atoms with van der Waals surface area (Å²) in [4.78, 5) is 36.0. The fourth-order valence-corrected chi connectivity index (χ4v) is 4.56. The van der Waals surface area contributed by atoms with E-state index in [4.69, 9.17) is 15.2 Å². The van der Waals surface area contributed by atoms with Gasteiger partial charge in [0.15, 0.2) is 0 Å². The van der Waals surface area contributed by atoms with Gasteiger partial charge in [-0.3, -0.25) is 14.5 Å². The van der Waals surface area contributed by atoms with Gasteiger partial charge >= 0.3 is 0 Å². The molecule has 10 nitrogen and oxygen atoms in total. The molecule has 0 atom stereocenters. The molecule has 0 bridgehead atoms. The number of carbonyl (C=O) groups excluding carboxylic acids is 2. The van der Waals surface area contributed by atoms with Crippen LogP contribution in [-0.2, 0) is 17.8 Å². The third-order valence-corrected chi connectivity index (χ3v) is 6.57. The summed E-state index contributed by atoms with van der Waals surface area (Å²) in [5, 5.41) is 7.02. The highest BCUT2D eigenvalue weighted by atomic mass is 16.5. The molecule has 200 valence electrons. The lowest BCUT2D eigenvalue weighted by Gasteiger charge is -2.26. The number of nitrogens with two attached hydrogens (primary N) is 1. The summed E-state index contributed by atoms with van der Waals surface area (Å²) in [5.41, 5.74) is 9.69. The SMILES string of the molecule is COc1ccc(C(=O)Nc2cccc(CNc3ncnc4c(C(N)=O)cc(CN5CCOCC5)cc34)c2)cc1. The maximum absolute atomic E-state index is 12.7. The van der Waals surface area contributed by atoms with E-state index in [2.05, 4.69) is 25.5 Å². The topological polar surface area (TPSA) is 132 Å². The van der Waals surface area contributed by atoms with E-state index in [1.807, 2.05) is 36.4 Å². The Bertz CT molecular complexity index is 1490. The van der Waals surface area contributed by atoms with Gasteiger partial charge in [-0.05, 0) is 59.7 Å². The number of fused-ring (bicyclic) bond motifs is 1. The van der Waals surface area contributed by atoms with E-state index in [1.165, 1.54) is 6.33 Å². The molecule has 0 radical (unpaired) electrons. The number of anilines is 2. The number of hydrogen-bond donors (Lipinski definition) is 3. The van der Waals surface area contributed by atoms with Crippen molar-refractivity contribution in [2.75, 3.05) is 44.0 Å². The van der Waals surface area contributed by atoms with Crippen molar-refractivity contribution in [1.29, 1.82) is 0 Å². The third-order valence-electron chi connectivity index (χ3n) is 6.57. The van der Waals surface area contributed by atoms with Crippen LogP contribution in [0, 0.1) is 0 Å².